The first-order valence-corrected chi connectivity index (χ1v) is 9.84. The molecule has 12 heteroatoms. The van der Waals surface area contributed by atoms with Crippen molar-refractivity contribution < 1.29 is 31.9 Å². The van der Waals surface area contributed by atoms with Crippen molar-refractivity contribution in [2.24, 2.45) is 0 Å². The summed E-state index contributed by atoms with van der Waals surface area (Å²) < 4.78 is 65.6. The van der Waals surface area contributed by atoms with Crippen LogP contribution in [0.4, 0.5) is 22.0 Å². The molecule has 0 radical (unpaired) electrons. The van der Waals surface area contributed by atoms with Crippen LogP contribution < -0.4 is 5.32 Å². The summed E-state index contributed by atoms with van der Waals surface area (Å²) in [6.45, 7) is 0. The Balaban J connectivity index is 1.93. The van der Waals surface area contributed by atoms with E-state index < -0.39 is 53.3 Å². The highest BCUT2D eigenvalue weighted by Gasteiger charge is 2.48. The number of amides is 1. The average molecular weight is 484 g/mol. The zero-order valence-electron chi connectivity index (χ0n) is 15.7. The largest absolute Gasteiger partial charge is 0.433 e. The van der Waals surface area contributed by atoms with Gasteiger partial charge in [-0.2, -0.15) is 13.2 Å². The second-order valence-electron chi connectivity index (χ2n) is 7.28. The van der Waals surface area contributed by atoms with Crippen LogP contribution in [0.15, 0.2) is 30.3 Å². The van der Waals surface area contributed by atoms with Crippen LogP contribution in [0.3, 0.4) is 0 Å². The van der Waals surface area contributed by atoms with Crippen LogP contribution in [-0.2, 0) is 6.18 Å². The van der Waals surface area contributed by atoms with Gasteiger partial charge in [0.1, 0.15) is 22.0 Å². The molecule has 0 bridgehead atoms. The van der Waals surface area contributed by atoms with Crippen LogP contribution in [0.1, 0.15) is 53.5 Å². The summed E-state index contributed by atoms with van der Waals surface area (Å²) >= 11 is 11.7. The molecule has 5 nitrogen and oxygen atoms in total. The van der Waals surface area contributed by atoms with Crippen molar-refractivity contribution in [2.45, 2.75) is 49.4 Å². The zero-order chi connectivity index (χ0) is 23.0. The van der Waals surface area contributed by atoms with Gasteiger partial charge in [0, 0.05) is 12.8 Å². The van der Waals surface area contributed by atoms with Gasteiger partial charge in [0.25, 0.3) is 5.91 Å². The third-order valence-electron chi connectivity index (χ3n) is 5.08. The van der Waals surface area contributed by atoms with Gasteiger partial charge in [0.15, 0.2) is 0 Å². The molecule has 31 heavy (non-hydrogen) atoms. The zero-order valence-corrected chi connectivity index (χ0v) is 17.2. The van der Waals surface area contributed by atoms with E-state index in [9.17, 15) is 31.9 Å². The Morgan fingerprint density at radius 1 is 1.06 bits per heavy atom. The van der Waals surface area contributed by atoms with Crippen LogP contribution in [0.5, 0.6) is 0 Å². The smallest absolute Gasteiger partial charge is 0.387 e. The number of hydrogen-bond acceptors (Lipinski definition) is 4. The van der Waals surface area contributed by atoms with E-state index in [0.29, 0.717) is 6.07 Å². The molecule has 1 fully saturated rings. The third-order valence-corrected chi connectivity index (χ3v) is 5.57. The summed E-state index contributed by atoms with van der Waals surface area (Å²) in [5.41, 5.74) is -3.35. The molecule has 1 unspecified atom stereocenters. The summed E-state index contributed by atoms with van der Waals surface area (Å²) in [7, 11) is 0. The van der Waals surface area contributed by atoms with Gasteiger partial charge in [-0.1, -0.05) is 29.3 Å². The highest BCUT2D eigenvalue weighted by atomic mass is 35.5. The number of aliphatic hydroxyl groups is 1. The SMILES string of the molecule is O=C(NC(c1cccc(Cl)n1)C1(O)CCC(F)(F)CC1)c1ccc(C(F)(F)F)nc1Cl. The molecule has 1 aliphatic rings. The monoisotopic (exact) mass is 483 g/mol. The summed E-state index contributed by atoms with van der Waals surface area (Å²) in [5, 5.41) is 12.9. The number of hydrogen-bond donors (Lipinski definition) is 2. The van der Waals surface area contributed by atoms with E-state index >= 15 is 0 Å². The van der Waals surface area contributed by atoms with E-state index in [1.54, 1.807) is 0 Å². The van der Waals surface area contributed by atoms with Gasteiger partial charge in [-0.15, -0.1) is 0 Å². The number of nitrogens with zero attached hydrogens (tertiary/aromatic N) is 2. The number of aromatic nitrogens is 2. The van der Waals surface area contributed by atoms with Crippen LogP contribution in [-0.4, -0.2) is 32.5 Å². The topological polar surface area (TPSA) is 75.1 Å². The number of halogens is 7. The minimum atomic E-state index is -4.76. The molecule has 2 aromatic heterocycles. The Morgan fingerprint density at radius 2 is 1.71 bits per heavy atom. The van der Waals surface area contributed by atoms with Crippen molar-refractivity contribution >= 4 is 29.1 Å². The Kier molecular flexibility index (Phi) is 6.46. The van der Waals surface area contributed by atoms with Crippen molar-refractivity contribution in [3.63, 3.8) is 0 Å². The number of pyridine rings is 2. The highest BCUT2D eigenvalue weighted by Crippen LogP contribution is 2.44. The van der Waals surface area contributed by atoms with Gasteiger partial charge in [-0.3, -0.25) is 4.79 Å². The number of carbonyl (C=O) groups is 1. The van der Waals surface area contributed by atoms with Crippen molar-refractivity contribution in [3.8, 4) is 0 Å². The Bertz CT molecular complexity index is 977. The second-order valence-corrected chi connectivity index (χ2v) is 8.03. The van der Waals surface area contributed by atoms with Crippen molar-refractivity contribution in [1.82, 2.24) is 15.3 Å². The Morgan fingerprint density at radius 3 is 2.26 bits per heavy atom. The minimum absolute atomic E-state index is 0.0377. The molecule has 1 atom stereocenters. The summed E-state index contributed by atoms with van der Waals surface area (Å²) in [6.07, 6.45) is -6.68. The summed E-state index contributed by atoms with van der Waals surface area (Å²) in [5.74, 6) is -3.91. The first-order chi connectivity index (χ1) is 14.3. The molecular weight excluding hydrogens is 468 g/mol. The van der Waals surface area contributed by atoms with E-state index in [2.05, 4.69) is 15.3 Å². The first-order valence-electron chi connectivity index (χ1n) is 9.08. The fraction of sp³-hybridized carbons (Fsp3) is 0.421. The fourth-order valence-corrected chi connectivity index (χ4v) is 3.79. The van der Waals surface area contributed by atoms with Gasteiger partial charge in [0.2, 0.25) is 5.92 Å². The Hall–Kier alpha value is -2.04. The molecule has 0 saturated heterocycles. The van der Waals surface area contributed by atoms with Gasteiger partial charge < -0.3 is 10.4 Å². The average Bonchev–Trinajstić information content (AvgIpc) is 2.67. The molecule has 0 aromatic carbocycles. The molecule has 2 aromatic rings. The molecule has 1 amide bonds. The van der Waals surface area contributed by atoms with E-state index in [-0.39, 0.29) is 29.3 Å². The Labute approximate surface area is 183 Å². The number of rotatable bonds is 4. The minimum Gasteiger partial charge on any atom is -0.387 e. The molecule has 0 spiro atoms. The molecule has 3 rings (SSSR count). The molecule has 0 aliphatic heterocycles. The maximum atomic E-state index is 13.6. The maximum absolute atomic E-state index is 13.6. The molecule has 2 heterocycles. The lowest BCUT2D eigenvalue weighted by molar-refractivity contribution is -0.141. The van der Waals surface area contributed by atoms with Crippen LogP contribution in [0.25, 0.3) is 0 Å². The van der Waals surface area contributed by atoms with E-state index in [4.69, 9.17) is 23.2 Å². The lowest BCUT2D eigenvalue weighted by atomic mass is 9.76. The number of nitrogens with one attached hydrogen (secondary N) is 1. The van der Waals surface area contributed by atoms with Crippen molar-refractivity contribution in [2.75, 3.05) is 0 Å². The molecule has 1 saturated carbocycles. The molecule has 168 valence electrons. The molecular formula is C19H16Cl2F5N3O2. The van der Waals surface area contributed by atoms with E-state index in [1.807, 2.05) is 0 Å². The van der Waals surface area contributed by atoms with Crippen LogP contribution >= 0.6 is 23.2 Å². The third kappa shape index (κ3) is 5.42. The lowest BCUT2D eigenvalue weighted by Crippen LogP contribution is -2.50. The number of carbonyl (C=O) groups excluding carboxylic acids is 1. The standard InChI is InChI=1S/C19H16Cl2F5N3O2/c20-13-3-1-2-11(27-13)14(17(31)6-8-18(22,23)9-7-17)29-16(30)10-4-5-12(19(24,25)26)28-15(10)21/h1-5,14,31H,6-9H2,(H,29,30). The second kappa shape index (κ2) is 8.48. The maximum Gasteiger partial charge on any atom is 0.433 e. The van der Waals surface area contributed by atoms with Gasteiger partial charge in [0.05, 0.1) is 16.9 Å². The number of alkyl halides is 5. The molecule has 2 N–H and O–H groups in total. The van der Waals surface area contributed by atoms with E-state index in [0.717, 1.165) is 6.07 Å². The van der Waals surface area contributed by atoms with Gasteiger partial charge >= 0.3 is 6.18 Å². The van der Waals surface area contributed by atoms with Gasteiger partial charge in [-0.25, -0.2) is 18.7 Å². The van der Waals surface area contributed by atoms with Crippen molar-refractivity contribution in [1.29, 1.82) is 0 Å². The normalized spacial score (nSPS) is 19.0. The highest BCUT2D eigenvalue weighted by molar-refractivity contribution is 6.32. The van der Waals surface area contributed by atoms with Crippen molar-refractivity contribution in [3.05, 3.63) is 57.6 Å². The van der Waals surface area contributed by atoms with Crippen LogP contribution in [0.2, 0.25) is 10.3 Å². The summed E-state index contributed by atoms with van der Waals surface area (Å²) in [4.78, 5) is 20.0. The quantitative estimate of drug-likeness (QED) is 0.462. The van der Waals surface area contributed by atoms with E-state index in [1.165, 1.54) is 18.2 Å². The van der Waals surface area contributed by atoms with Crippen LogP contribution in [0, 0.1) is 0 Å². The van der Waals surface area contributed by atoms with Gasteiger partial charge in [-0.05, 0) is 37.1 Å². The first kappa shape index (κ1) is 23.6. The fourth-order valence-electron chi connectivity index (χ4n) is 3.38. The summed E-state index contributed by atoms with van der Waals surface area (Å²) in [6, 6.07) is 4.54. The predicted molar refractivity (Wildman–Crippen MR) is 102 cm³/mol. The molecule has 1 aliphatic carbocycles. The predicted octanol–water partition coefficient (Wildman–Crippen LogP) is 5.21. The lowest BCUT2D eigenvalue weighted by Gasteiger charge is -2.41.